The number of amides is 1. The zero-order valence-corrected chi connectivity index (χ0v) is 12.1. The van der Waals surface area contributed by atoms with Crippen molar-refractivity contribution in [3.05, 3.63) is 58.4 Å². The summed E-state index contributed by atoms with van der Waals surface area (Å²) in [6.07, 6.45) is 0.759. The molecule has 0 radical (unpaired) electrons. The summed E-state index contributed by atoms with van der Waals surface area (Å²) in [6, 6.07) is 7.87. The maximum atomic E-state index is 13.0. The van der Waals surface area contributed by atoms with Crippen molar-refractivity contribution in [3.63, 3.8) is 0 Å². The lowest BCUT2D eigenvalue weighted by Crippen LogP contribution is -2.38. The number of nitrogen functional groups attached to an aromatic ring is 1. The zero-order chi connectivity index (χ0) is 15.1. The van der Waals surface area contributed by atoms with Crippen molar-refractivity contribution < 1.29 is 9.18 Å². The Kier molecular flexibility index (Phi) is 3.16. The Morgan fingerprint density at radius 2 is 1.86 bits per heavy atom. The van der Waals surface area contributed by atoms with Gasteiger partial charge in [0, 0.05) is 23.5 Å². The topological polar surface area (TPSA) is 46.3 Å². The van der Waals surface area contributed by atoms with Gasteiger partial charge in [0.15, 0.2) is 0 Å². The van der Waals surface area contributed by atoms with Crippen LogP contribution >= 0.6 is 0 Å². The molecule has 3 nitrogen and oxygen atoms in total. The number of benzene rings is 2. The third kappa shape index (κ3) is 2.17. The van der Waals surface area contributed by atoms with E-state index in [1.165, 1.54) is 12.1 Å². The molecule has 3 rings (SSSR count). The average molecular weight is 284 g/mol. The minimum Gasteiger partial charge on any atom is -0.398 e. The molecule has 1 amide bonds. The molecule has 0 spiro atoms. The first-order valence-electron chi connectivity index (χ1n) is 6.95. The highest BCUT2D eigenvalue weighted by Crippen LogP contribution is 2.31. The zero-order valence-electron chi connectivity index (χ0n) is 12.1. The Labute approximate surface area is 123 Å². The van der Waals surface area contributed by atoms with E-state index in [1.54, 1.807) is 17.0 Å². The molecule has 2 N–H and O–H groups in total. The highest BCUT2D eigenvalue weighted by molar-refractivity contribution is 6.09. The number of nitrogens with zero attached hydrogens (tertiary/aromatic N) is 1. The number of aryl methyl sites for hydroxylation is 1. The van der Waals surface area contributed by atoms with Crippen LogP contribution in [0.2, 0.25) is 0 Å². The number of carbonyl (C=O) groups is 1. The van der Waals surface area contributed by atoms with Crippen molar-refractivity contribution in [2.24, 2.45) is 0 Å². The van der Waals surface area contributed by atoms with Crippen LogP contribution in [0, 0.1) is 19.7 Å². The minimum absolute atomic E-state index is 0.0472. The second kappa shape index (κ2) is 4.88. The van der Waals surface area contributed by atoms with Crippen LogP contribution in [0.25, 0.3) is 0 Å². The van der Waals surface area contributed by atoms with Crippen molar-refractivity contribution in [3.8, 4) is 0 Å². The van der Waals surface area contributed by atoms with Crippen LogP contribution in [0.5, 0.6) is 0 Å². The molecule has 1 aliphatic rings. The Bertz CT molecular complexity index is 723. The minimum atomic E-state index is -0.303. The summed E-state index contributed by atoms with van der Waals surface area (Å²) < 4.78 is 13.0. The molecule has 2 aromatic rings. The molecule has 0 fully saturated rings. The molecule has 0 aromatic heterocycles. The molecule has 1 heterocycles. The Morgan fingerprint density at radius 1 is 1.19 bits per heavy atom. The first-order valence-corrected chi connectivity index (χ1v) is 6.95. The summed E-state index contributed by atoms with van der Waals surface area (Å²) in [4.78, 5) is 14.4. The third-order valence-electron chi connectivity index (χ3n) is 4.17. The number of fused-ring (bicyclic) bond motifs is 1. The second-order valence-corrected chi connectivity index (χ2v) is 5.44. The van der Waals surface area contributed by atoms with E-state index in [1.807, 2.05) is 19.9 Å². The molecule has 0 saturated heterocycles. The Balaban J connectivity index is 2.05. The number of nitrogens with two attached hydrogens (primary N) is 1. The third-order valence-corrected chi connectivity index (χ3v) is 4.17. The fourth-order valence-corrected chi connectivity index (χ4v) is 2.89. The number of hydrogen-bond donors (Lipinski definition) is 1. The molecule has 1 aliphatic heterocycles. The Morgan fingerprint density at radius 3 is 2.52 bits per heavy atom. The van der Waals surface area contributed by atoms with Crippen LogP contribution in [0.1, 0.15) is 27.0 Å². The molecule has 2 aromatic carbocycles. The first kappa shape index (κ1) is 13.6. The van der Waals surface area contributed by atoms with E-state index in [0.29, 0.717) is 12.1 Å². The van der Waals surface area contributed by atoms with Crippen molar-refractivity contribution in [2.75, 3.05) is 17.2 Å². The molecule has 0 atom stereocenters. The SMILES string of the molecule is Cc1cc2c(c(C)c1N)CCN(c1ccc(F)cc1)C2=O. The number of hydrogen-bond acceptors (Lipinski definition) is 2. The Hall–Kier alpha value is -2.36. The van der Waals surface area contributed by atoms with Gasteiger partial charge in [-0.25, -0.2) is 4.39 Å². The smallest absolute Gasteiger partial charge is 0.258 e. The lowest BCUT2D eigenvalue weighted by molar-refractivity contribution is 0.0980. The van der Waals surface area contributed by atoms with E-state index in [9.17, 15) is 9.18 Å². The van der Waals surface area contributed by atoms with Gasteiger partial charge in [0.1, 0.15) is 5.82 Å². The highest BCUT2D eigenvalue weighted by Gasteiger charge is 2.27. The van der Waals surface area contributed by atoms with Crippen molar-refractivity contribution in [2.45, 2.75) is 20.3 Å². The van der Waals surface area contributed by atoms with Crippen LogP contribution in [0.4, 0.5) is 15.8 Å². The fourth-order valence-electron chi connectivity index (χ4n) is 2.89. The number of halogens is 1. The molecule has 0 unspecified atom stereocenters. The predicted molar refractivity (Wildman–Crippen MR) is 82.1 cm³/mol. The molecule has 4 heteroatoms. The quantitative estimate of drug-likeness (QED) is 0.817. The van der Waals surface area contributed by atoms with Gasteiger partial charge < -0.3 is 10.6 Å². The highest BCUT2D eigenvalue weighted by atomic mass is 19.1. The van der Waals surface area contributed by atoms with E-state index in [-0.39, 0.29) is 11.7 Å². The van der Waals surface area contributed by atoms with E-state index in [2.05, 4.69) is 0 Å². The standard InChI is InChI=1S/C17H17FN2O/c1-10-9-15-14(11(2)16(10)19)7-8-20(17(15)21)13-5-3-12(18)4-6-13/h3-6,9H,7-8,19H2,1-2H3. The van der Waals surface area contributed by atoms with E-state index in [4.69, 9.17) is 5.73 Å². The van der Waals surface area contributed by atoms with Crippen LogP contribution < -0.4 is 10.6 Å². The van der Waals surface area contributed by atoms with Crippen LogP contribution in [-0.4, -0.2) is 12.5 Å². The van der Waals surface area contributed by atoms with Crippen molar-refractivity contribution in [1.82, 2.24) is 0 Å². The van der Waals surface area contributed by atoms with Gasteiger partial charge in [-0.15, -0.1) is 0 Å². The van der Waals surface area contributed by atoms with Gasteiger partial charge in [0.25, 0.3) is 5.91 Å². The van der Waals surface area contributed by atoms with Crippen LogP contribution in [-0.2, 0) is 6.42 Å². The second-order valence-electron chi connectivity index (χ2n) is 5.44. The number of rotatable bonds is 1. The van der Waals surface area contributed by atoms with E-state index >= 15 is 0 Å². The molecule has 0 aliphatic carbocycles. The number of anilines is 2. The van der Waals surface area contributed by atoms with Gasteiger partial charge in [-0.3, -0.25) is 4.79 Å². The van der Waals surface area contributed by atoms with Gasteiger partial charge in [-0.2, -0.15) is 0 Å². The summed E-state index contributed by atoms with van der Waals surface area (Å²) in [6.45, 7) is 4.45. The predicted octanol–water partition coefficient (Wildman–Crippen LogP) is 3.23. The normalized spacial score (nSPS) is 14.2. The average Bonchev–Trinajstić information content (AvgIpc) is 2.47. The van der Waals surface area contributed by atoms with Crippen LogP contribution in [0.15, 0.2) is 30.3 Å². The molecule has 0 bridgehead atoms. The van der Waals surface area contributed by atoms with E-state index < -0.39 is 0 Å². The van der Waals surface area contributed by atoms with Gasteiger partial charge in [-0.1, -0.05) is 0 Å². The first-order chi connectivity index (χ1) is 9.99. The van der Waals surface area contributed by atoms with Crippen LogP contribution in [0.3, 0.4) is 0 Å². The monoisotopic (exact) mass is 284 g/mol. The fraction of sp³-hybridized carbons (Fsp3) is 0.235. The van der Waals surface area contributed by atoms with Gasteiger partial charge in [0.2, 0.25) is 0 Å². The summed E-state index contributed by atoms with van der Waals surface area (Å²) in [5.74, 6) is -0.350. The summed E-state index contributed by atoms with van der Waals surface area (Å²) >= 11 is 0. The lowest BCUT2D eigenvalue weighted by atomic mass is 9.91. The molecule has 108 valence electrons. The molecule has 21 heavy (non-hydrogen) atoms. The van der Waals surface area contributed by atoms with Crippen molar-refractivity contribution >= 4 is 17.3 Å². The van der Waals surface area contributed by atoms with Crippen molar-refractivity contribution in [1.29, 1.82) is 0 Å². The number of carbonyl (C=O) groups excluding carboxylic acids is 1. The van der Waals surface area contributed by atoms with Gasteiger partial charge in [0.05, 0.1) is 0 Å². The maximum Gasteiger partial charge on any atom is 0.258 e. The lowest BCUT2D eigenvalue weighted by Gasteiger charge is -2.30. The maximum absolute atomic E-state index is 13.0. The van der Waals surface area contributed by atoms with Gasteiger partial charge in [-0.05, 0) is 67.3 Å². The summed E-state index contributed by atoms with van der Waals surface area (Å²) in [7, 11) is 0. The summed E-state index contributed by atoms with van der Waals surface area (Å²) in [5, 5.41) is 0. The molecular formula is C17H17FN2O. The summed E-state index contributed by atoms with van der Waals surface area (Å²) in [5.41, 5.74) is 11.2. The largest absolute Gasteiger partial charge is 0.398 e. The molecule has 0 saturated carbocycles. The molecular weight excluding hydrogens is 267 g/mol. The van der Waals surface area contributed by atoms with Gasteiger partial charge >= 0.3 is 0 Å². The van der Waals surface area contributed by atoms with E-state index in [0.717, 1.165) is 34.5 Å².